The molecular weight excluding hydrogens is 383 g/mol. The zero-order valence-electron chi connectivity index (χ0n) is 13.1. The maximum atomic E-state index is 11.8. The lowest BCUT2D eigenvalue weighted by Crippen LogP contribution is -2.20. The lowest BCUT2D eigenvalue weighted by molar-refractivity contribution is -0.384. The molecular formula is C17H12Cl2N2O5. The molecule has 1 N–H and O–H groups in total. The summed E-state index contributed by atoms with van der Waals surface area (Å²) < 4.78 is 4.80. The van der Waals surface area contributed by atoms with E-state index in [0.29, 0.717) is 21.3 Å². The molecule has 134 valence electrons. The van der Waals surface area contributed by atoms with Crippen molar-refractivity contribution < 1.29 is 19.2 Å². The minimum Gasteiger partial charge on any atom is -0.452 e. The first-order valence-electron chi connectivity index (χ1n) is 7.19. The number of nitro benzene ring substituents is 1. The molecule has 0 aromatic heterocycles. The van der Waals surface area contributed by atoms with Crippen LogP contribution in [0.2, 0.25) is 10.0 Å². The fourth-order valence-corrected chi connectivity index (χ4v) is 2.44. The molecule has 2 aromatic carbocycles. The van der Waals surface area contributed by atoms with E-state index >= 15 is 0 Å². The highest BCUT2D eigenvalue weighted by atomic mass is 35.5. The summed E-state index contributed by atoms with van der Waals surface area (Å²) in [7, 11) is 0. The number of ether oxygens (including phenoxy) is 1. The van der Waals surface area contributed by atoms with Crippen molar-refractivity contribution in [3.8, 4) is 0 Å². The highest BCUT2D eigenvalue weighted by Gasteiger charge is 2.08. The van der Waals surface area contributed by atoms with Gasteiger partial charge in [-0.15, -0.1) is 0 Å². The van der Waals surface area contributed by atoms with Gasteiger partial charge in [0.2, 0.25) is 0 Å². The summed E-state index contributed by atoms with van der Waals surface area (Å²) in [6, 6.07) is 10.2. The molecule has 0 bridgehead atoms. The van der Waals surface area contributed by atoms with Gasteiger partial charge in [-0.2, -0.15) is 0 Å². The van der Waals surface area contributed by atoms with E-state index in [0.717, 1.165) is 6.08 Å². The third kappa shape index (κ3) is 6.19. The summed E-state index contributed by atoms with van der Waals surface area (Å²) in [6.45, 7) is -0.512. The number of nitro groups is 1. The summed E-state index contributed by atoms with van der Waals surface area (Å²) in [6.07, 6.45) is 2.42. The van der Waals surface area contributed by atoms with Gasteiger partial charge in [0, 0.05) is 33.9 Å². The third-order valence-electron chi connectivity index (χ3n) is 2.98. The van der Waals surface area contributed by atoms with Crippen molar-refractivity contribution in [2.45, 2.75) is 0 Å². The number of rotatable bonds is 6. The molecule has 0 aliphatic rings. The number of halogens is 2. The van der Waals surface area contributed by atoms with E-state index in [4.69, 9.17) is 27.9 Å². The quantitative estimate of drug-likeness (QED) is 0.344. The van der Waals surface area contributed by atoms with Crippen LogP contribution in [-0.2, 0) is 14.3 Å². The Balaban J connectivity index is 1.87. The SMILES string of the molecule is O=C(COC(=O)/C=C/c1cccc([N+](=O)[O-])c1)Nc1cc(Cl)cc(Cl)c1. The Morgan fingerprint density at radius 1 is 1.15 bits per heavy atom. The van der Waals surface area contributed by atoms with Crippen LogP contribution in [0.25, 0.3) is 6.08 Å². The van der Waals surface area contributed by atoms with Crippen LogP contribution in [0.1, 0.15) is 5.56 Å². The number of hydrogen-bond donors (Lipinski definition) is 1. The Labute approximate surface area is 158 Å². The van der Waals surface area contributed by atoms with E-state index in [2.05, 4.69) is 5.32 Å². The maximum Gasteiger partial charge on any atom is 0.331 e. The number of anilines is 1. The van der Waals surface area contributed by atoms with Gasteiger partial charge in [-0.05, 0) is 29.8 Å². The van der Waals surface area contributed by atoms with Gasteiger partial charge >= 0.3 is 5.97 Å². The molecule has 0 unspecified atom stereocenters. The molecule has 2 rings (SSSR count). The predicted octanol–water partition coefficient (Wildman–Crippen LogP) is 4.10. The molecule has 0 saturated heterocycles. The second-order valence-corrected chi connectivity index (χ2v) is 5.87. The van der Waals surface area contributed by atoms with Crippen molar-refractivity contribution in [1.82, 2.24) is 0 Å². The van der Waals surface area contributed by atoms with Crippen LogP contribution in [0.15, 0.2) is 48.5 Å². The zero-order valence-corrected chi connectivity index (χ0v) is 14.7. The molecule has 1 amide bonds. The predicted molar refractivity (Wildman–Crippen MR) is 98.2 cm³/mol. The van der Waals surface area contributed by atoms with Crippen molar-refractivity contribution in [2.24, 2.45) is 0 Å². The van der Waals surface area contributed by atoms with Gasteiger partial charge in [-0.1, -0.05) is 35.3 Å². The summed E-state index contributed by atoms with van der Waals surface area (Å²) in [5, 5.41) is 13.9. The van der Waals surface area contributed by atoms with E-state index in [1.807, 2.05) is 0 Å². The number of hydrogen-bond acceptors (Lipinski definition) is 5. The number of nitrogens with zero attached hydrogens (tertiary/aromatic N) is 1. The van der Waals surface area contributed by atoms with Crippen LogP contribution in [0.4, 0.5) is 11.4 Å². The van der Waals surface area contributed by atoms with Gasteiger partial charge in [0.1, 0.15) is 0 Å². The average molecular weight is 395 g/mol. The fourth-order valence-electron chi connectivity index (χ4n) is 1.91. The van der Waals surface area contributed by atoms with Gasteiger partial charge in [0.25, 0.3) is 11.6 Å². The lowest BCUT2D eigenvalue weighted by atomic mass is 10.2. The Hall–Kier alpha value is -2.90. The van der Waals surface area contributed by atoms with Gasteiger partial charge in [-0.25, -0.2) is 4.79 Å². The van der Waals surface area contributed by atoms with Crippen molar-refractivity contribution in [1.29, 1.82) is 0 Å². The molecule has 7 nitrogen and oxygen atoms in total. The maximum absolute atomic E-state index is 11.8. The summed E-state index contributed by atoms with van der Waals surface area (Å²) >= 11 is 11.6. The third-order valence-corrected chi connectivity index (χ3v) is 3.42. The van der Waals surface area contributed by atoms with Crippen LogP contribution in [0, 0.1) is 10.1 Å². The minimum atomic E-state index is -0.768. The number of non-ortho nitro benzene ring substituents is 1. The van der Waals surface area contributed by atoms with Crippen molar-refractivity contribution in [2.75, 3.05) is 11.9 Å². The summed E-state index contributed by atoms with van der Waals surface area (Å²) in [5.74, 6) is -1.34. The van der Waals surface area contributed by atoms with Crippen LogP contribution < -0.4 is 5.32 Å². The normalized spacial score (nSPS) is 10.5. The molecule has 0 aliphatic heterocycles. The molecule has 2 aromatic rings. The van der Waals surface area contributed by atoms with Gasteiger partial charge < -0.3 is 10.1 Å². The first-order chi connectivity index (χ1) is 12.3. The Bertz CT molecular complexity index is 863. The Morgan fingerprint density at radius 2 is 1.85 bits per heavy atom. The molecule has 0 heterocycles. The van der Waals surface area contributed by atoms with Crippen molar-refractivity contribution in [3.05, 3.63) is 74.3 Å². The number of carbonyl (C=O) groups is 2. The highest BCUT2D eigenvalue weighted by Crippen LogP contribution is 2.22. The number of benzene rings is 2. The van der Waals surface area contributed by atoms with Gasteiger partial charge in [-0.3, -0.25) is 14.9 Å². The average Bonchev–Trinajstić information content (AvgIpc) is 2.57. The smallest absolute Gasteiger partial charge is 0.331 e. The van der Waals surface area contributed by atoms with Crippen LogP contribution >= 0.6 is 23.2 Å². The second-order valence-electron chi connectivity index (χ2n) is 5.00. The van der Waals surface area contributed by atoms with Crippen LogP contribution in [-0.4, -0.2) is 23.4 Å². The Morgan fingerprint density at radius 3 is 2.50 bits per heavy atom. The molecule has 0 spiro atoms. The zero-order chi connectivity index (χ0) is 19.1. The molecule has 0 aliphatic carbocycles. The van der Waals surface area contributed by atoms with E-state index < -0.39 is 23.4 Å². The number of carbonyl (C=O) groups excluding carboxylic acids is 2. The topological polar surface area (TPSA) is 98.5 Å². The molecule has 0 saturated carbocycles. The molecule has 0 radical (unpaired) electrons. The van der Waals surface area contributed by atoms with Crippen molar-refractivity contribution >= 4 is 52.5 Å². The first-order valence-corrected chi connectivity index (χ1v) is 7.94. The molecule has 0 fully saturated rings. The van der Waals surface area contributed by atoms with Gasteiger partial charge in [0.05, 0.1) is 4.92 Å². The van der Waals surface area contributed by atoms with E-state index in [1.54, 1.807) is 6.07 Å². The number of amides is 1. The minimum absolute atomic E-state index is 0.0972. The molecule has 0 atom stereocenters. The molecule has 9 heteroatoms. The van der Waals surface area contributed by atoms with Gasteiger partial charge in [0.15, 0.2) is 6.61 Å². The van der Waals surface area contributed by atoms with E-state index in [9.17, 15) is 19.7 Å². The molecule has 26 heavy (non-hydrogen) atoms. The highest BCUT2D eigenvalue weighted by molar-refractivity contribution is 6.35. The lowest BCUT2D eigenvalue weighted by Gasteiger charge is -2.06. The van der Waals surface area contributed by atoms with E-state index in [-0.39, 0.29) is 5.69 Å². The summed E-state index contributed by atoms with van der Waals surface area (Å²) in [5.41, 5.74) is 0.727. The summed E-state index contributed by atoms with van der Waals surface area (Å²) in [4.78, 5) is 33.5. The fraction of sp³-hybridized carbons (Fsp3) is 0.0588. The van der Waals surface area contributed by atoms with Crippen molar-refractivity contribution in [3.63, 3.8) is 0 Å². The number of nitrogens with one attached hydrogen (secondary N) is 1. The standard InChI is InChI=1S/C17H12Cl2N2O5/c18-12-7-13(19)9-14(8-12)20-16(22)10-26-17(23)5-4-11-2-1-3-15(6-11)21(24)25/h1-9H,10H2,(H,20,22)/b5-4+. The first kappa shape index (κ1) is 19.4. The Kier molecular flexibility index (Phi) is 6.71. The largest absolute Gasteiger partial charge is 0.452 e. The van der Waals surface area contributed by atoms with Crippen LogP contribution in [0.3, 0.4) is 0 Å². The van der Waals surface area contributed by atoms with E-state index in [1.165, 1.54) is 42.5 Å². The van der Waals surface area contributed by atoms with Crippen LogP contribution in [0.5, 0.6) is 0 Å². The number of esters is 1. The second kappa shape index (κ2) is 8.98. The monoisotopic (exact) mass is 394 g/mol.